The summed E-state index contributed by atoms with van der Waals surface area (Å²) in [6.07, 6.45) is 0. The van der Waals surface area contributed by atoms with E-state index in [1.54, 1.807) is 19.1 Å². The molecule has 0 aliphatic carbocycles. The number of nitrogens with zero attached hydrogens (tertiary/aromatic N) is 1. The monoisotopic (exact) mass is 281 g/mol. The second-order valence-corrected chi connectivity index (χ2v) is 4.24. The molecule has 19 heavy (non-hydrogen) atoms. The molecule has 0 amide bonds. The Bertz CT molecular complexity index is 646. The summed E-state index contributed by atoms with van der Waals surface area (Å²) in [7, 11) is 0. The molecule has 0 saturated heterocycles. The highest BCUT2D eigenvalue weighted by molar-refractivity contribution is 6.32. The Balaban J connectivity index is 2.47. The second-order valence-electron chi connectivity index (χ2n) is 3.83. The summed E-state index contributed by atoms with van der Waals surface area (Å²) in [6, 6.07) is 8.81. The van der Waals surface area contributed by atoms with Crippen LogP contribution in [0.25, 0.3) is 0 Å². The lowest BCUT2D eigenvalue weighted by atomic mass is 10.2. The summed E-state index contributed by atoms with van der Waals surface area (Å²) in [5.74, 6) is -0.732. The van der Waals surface area contributed by atoms with E-state index in [0.29, 0.717) is 5.56 Å². The summed E-state index contributed by atoms with van der Waals surface area (Å²) < 4.78 is 19.1. The summed E-state index contributed by atoms with van der Waals surface area (Å²) >= 11 is 5.75. The maximum atomic E-state index is 13.8. The molecule has 6 heteroatoms. The van der Waals surface area contributed by atoms with Crippen LogP contribution in [0.4, 0.5) is 10.1 Å². The summed E-state index contributed by atoms with van der Waals surface area (Å²) in [4.78, 5) is 10.3. The molecule has 2 rings (SSSR count). The minimum absolute atomic E-state index is 0.0597. The zero-order valence-electron chi connectivity index (χ0n) is 9.89. The van der Waals surface area contributed by atoms with E-state index >= 15 is 0 Å². The summed E-state index contributed by atoms with van der Waals surface area (Å²) in [5.41, 5.74) is 0.00672. The number of halogens is 2. The molecule has 2 aromatic carbocycles. The lowest BCUT2D eigenvalue weighted by Crippen LogP contribution is -1.96. The third-order valence-corrected chi connectivity index (χ3v) is 2.81. The molecule has 0 aromatic heterocycles. The molecule has 0 N–H and O–H groups in total. The van der Waals surface area contributed by atoms with E-state index in [1.165, 1.54) is 24.3 Å². The van der Waals surface area contributed by atoms with Crippen molar-refractivity contribution in [2.24, 2.45) is 0 Å². The van der Waals surface area contributed by atoms with Gasteiger partial charge in [-0.1, -0.05) is 29.8 Å². The topological polar surface area (TPSA) is 52.4 Å². The number of ether oxygens (including phenoxy) is 1. The molecule has 0 unspecified atom stereocenters. The quantitative estimate of drug-likeness (QED) is 0.615. The molecule has 0 radical (unpaired) electrons. The highest BCUT2D eigenvalue weighted by atomic mass is 35.5. The van der Waals surface area contributed by atoms with Gasteiger partial charge in [-0.25, -0.2) is 4.39 Å². The van der Waals surface area contributed by atoms with Crippen molar-refractivity contribution in [2.45, 2.75) is 6.92 Å². The molecule has 0 aliphatic heterocycles. The van der Waals surface area contributed by atoms with Crippen LogP contribution in [0.5, 0.6) is 11.5 Å². The van der Waals surface area contributed by atoms with Crippen molar-refractivity contribution in [3.05, 3.63) is 62.9 Å². The van der Waals surface area contributed by atoms with E-state index in [-0.39, 0.29) is 22.2 Å². The van der Waals surface area contributed by atoms with Gasteiger partial charge < -0.3 is 4.74 Å². The predicted octanol–water partition coefficient (Wildman–Crippen LogP) is 4.49. The average molecular weight is 282 g/mol. The number of aryl methyl sites for hydroxylation is 1. The molecular weight excluding hydrogens is 273 g/mol. The Morgan fingerprint density at radius 2 is 1.84 bits per heavy atom. The van der Waals surface area contributed by atoms with Crippen molar-refractivity contribution in [1.29, 1.82) is 0 Å². The van der Waals surface area contributed by atoms with E-state index in [9.17, 15) is 14.5 Å². The molecule has 0 saturated carbocycles. The van der Waals surface area contributed by atoms with E-state index in [4.69, 9.17) is 16.3 Å². The van der Waals surface area contributed by atoms with Gasteiger partial charge in [-0.05, 0) is 30.7 Å². The first-order chi connectivity index (χ1) is 9.00. The third kappa shape index (κ3) is 2.66. The van der Waals surface area contributed by atoms with Gasteiger partial charge >= 0.3 is 5.69 Å². The normalized spacial score (nSPS) is 10.3. The van der Waals surface area contributed by atoms with Crippen molar-refractivity contribution < 1.29 is 14.1 Å². The largest absolute Gasteiger partial charge is 0.447 e. The van der Waals surface area contributed by atoms with Gasteiger partial charge in [0.05, 0.1) is 4.92 Å². The molecule has 0 atom stereocenters. The number of nitro groups is 1. The van der Waals surface area contributed by atoms with Crippen LogP contribution in [0.1, 0.15) is 5.56 Å². The first kappa shape index (κ1) is 13.3. The van der Waals surface area contributed by atoms with Crippen LogP contribution in [0.3, 0.4) is 0 Å². The van der Waals surface area contributed by atoms with Crippen LogP contribution in [-0.4, -0.2) is 4.92 Å². The fraction of sp³-hybridized carbons (Fsp3) is 0.0769. The van der Waals surface area contributed by atoms with E-state index in [0.717, 1.165) is 0 Å². The first-order valence-corrected chi connectivity index (χ1v) is 5.74. The van der Waals surface area contributed by atoms with Crippen LogP contribution in [0, 0.1) is 22.9 Å². The van der Waals surface area contributed by atoms with Crippen LogP contribution in [0.15, 0.2) is 36.4 Å². The standard InChI is InChI=1S/C13H9ClFNO3/c1-8-4-2-6-10(12(8)15)19-11-7-3-5-9(14)13(11)16(17)18/h2-7H,1H3. The number of hydrogen-bond donors (Lipinski definition) is 0. The molecule has 4 nitrogen and oxygen atoms in total. The summed E-state index contributed by atoms with van der Waals surface area (Å²) in [6.45, 7) is 1.58. The zero-order valence-corrected chi connectivity index (χ0v) is 10.6. The number of para-hydroxylation sites is 1. The maximum absolute atomic E-state index is 13.8. The Morgan fingerprint density at radius 3 is 2.53 bits per heavy atom. The fourth-order valence-electron chi connectivity index (χ4n) is 1.57. The predicted molar refractivity (Wildman–Crippen MR) is 69.3 cm³/mol. The van der Waals surface area contributed by atoms with E-state index < -0.39 is 10.7 Å². The maximum Gasteiger partial charge on any atom is 0.329 e. The highest BCUT2D eigenvalue weighted by Crippen LogP contribution is 2.37. The Morgan fingerprint density at radius 1 is 1.21 bits per heavy atom. The van der Waals surface area contributed by atoms with Gasteiger partial charge in [0.15, 0.2) is 11.6 Å². The van der Waals surface area contributed by atoms with Crippen LogP contribution >= 0.6 is 11.6 Å². The van der Waals surface area contributed by atoms with E-state index in [2.05, 4.69) is 0 Å². The SMILES string of the molecule is Cc1cccc(Oc2cccc(Cl)c2[N+](=O)[O-])c1F. The van der Waals surface area contributed by atoms with Crippen molar-refractivity contribution in [2.75, 3.05) is 0 Å². The van der Waals surface area contributed by atoms with Crippen molar-refractivity contribution >= 4 is 17.3 Å². The molecule has 0 aliphatic rings. The molecule has 2 aromatic rings. The van der Waals surface area contributed by atoms with Gasteiger partial charge in [0.25, 0.3) is 0 Å². The van der Waals surface area contributed by atoms with Crippen LogP contribution in [-0.2, 0) is 0 Å². The first-order valence-electron chi connectivity index (χ1n) is 5.36. The molecule has 0 spiro atoms. The lowest BCUT2D eigenvalue weighted by Gasteiger charge is -2.08. The average Bonchev–Trinajstić information content (AvgIpc) is 2.34. The van der Waals surface area contributed by atoms with Crippen molar-refractivity contribution in [1.82, 2.24) is 0 Å². The highest BCUT2D eigenvalue weighted by Gasteiger charge is 2.21. The number of hydrogen-bond acceptors (Lipinski definition) is 3. The number of nitro benzene ring substituents is 1. The van der Waals surface area contributed by atoms with Crippen molar-refractivity contribution in [3.8, 4) is 11.5 Å². The van der Waals surface area contributed by atoms with Gasteiger partial charge in [0.1, 0.15) is 5.02 Å². The number of benzene rings is 2. The lowest BCUT2D eigenvalue weighted by molar-refractivity contribution is -0.385. The second kappa shape index (κ2) is 5.24. The minimum atomic E-state index is -0.661. The summed E-state index contributed by atoms with van der Waals surface area (Å²) in [5, 5.41) is 10.9. The molecule has 0 fully saturated rings. The Kier molecular flexibility index (Phi) is 3.66. The van der Waals surface area contributed by atoms with Crippen LogP contribution < -0.4 is 4.74 Å². The van der Waals surface area contributed by atoms with Gasteiger partial charge in [0.2, 0.25) is 5.75 Å². The Hall–Kier alpha value is -2.14. The van der Waals surface area contributed by atoms with Crippen LogP contribution in [0.2, 0.25) is 5.02 Å². The van der Waals surface area contributed by atoms with Gasteiger partial charge in [0, 0.05) is 0 Å². The van der Waals surface area contributed by atoms with Gasteiger partial charge in [-0.3, -0.25) is 10.1 Å². The molecule has 0 bridgehead atoms. The Labute approximate surface area is 113 Å². The smallest absolute Gasteiger partial charge is 0.329 e. The van der Waals surface area contributed by atoms with Gasteiger partial charge in [-0.15, -0.1) is 0 Å². The zero-order chi connectivity index (χ0) is 14.0. The third-order valence-electron chi connectivity index (χ3n) is 2.51. The molecule has 98 valence electrons. The minimum Gasteiger partial charge on any atom is -0.447 e. The number of rotatable bonds is 3. The van der Waals surface area contributed by atoms with E-state index in [1.807, 2.05) is 0 Å². The molecule has 0 heterocycles. The molecular formula is C13H9ClFNO3. The fourth-order valence-corrected chi connectivity index (χ4v) is 1.81. The van der Waals surface area contributed by atoms with Gasteiger partial charge in [-0.2, -0.15) is 0 Å². The van der Waals surface area contributed by atoms with Crippen molar-refractivity contribution in [3.63, 3.8) is 0 Å².